The van der Waals surface area contributed by atoms with E-state index < -0.39 is 47.1 Å². The molecule has 1 aliphatic carbocycles. The van der Waals surface area contributed by atoms with Crippen LogP contribution >= 0.6 is 0 Å². The number of nitrogens with zero attached hydrogens (tertiary/aromatic N) is 6. The maximum absolute atomic E-state index is 15.4. The number of hydrogen-bond acceptors (Lipinski definition) is 6. The molecular formula is C32H36F4N6O2. The number of carbonyl (C=O) groups excluding carboxylic acids is 2. The molecule has 8 nitrogen and oxygen atoms in total. The van der Waals surface area contributed by atoms with Crippen molar-refractivity contribution in [2.45, 2.75) is 77.7 Å². The highest BCUT2D eigenvalue weighted by Crippen LogP contribution is 2.40. The first-order valence-corrected chi connectivity index (χ1v) is 14.8. The molecule has 0 N–H and O–H groups in total. The molecule has 234 valence electrons. The van der Waals surface area contributed by atoms with Gasteiger partial charge in [0.15, 0.2) is 5.69 Å². The number of aryl methyl sites for hydroxylation is 3. The topological polar surface area (TPSA) is 82.5 Å². The number of pyridine rings is 1. The summed E-state index contributed by atoms with van der Waals surface area (Å²) in [7, 11) is 1.66. The number of halogens is 4. The van der Waals surface area contributed by atoms with Crippen LogP contribution in [0.4, 0.5) is 23.4 Å². The van der Waals surface area contributed by atoms with Crippen LogP contribution in [0.15, 0.2) is 36.5 Å². The fraction of sp³-hybridized carbons (Fsp3) is 0.469. The molecule has 1 aromatic carbocycles. The Morgan fingerprint density at radius 2 is 1.70 bits per heavy atom. The molecular weight excluding hydrogens is 576 g/mol. The molecule has 0 radical (unpaired) electrons. The van der Waals surface area contributed by atoms with Crippen LogP contribution in [0.1, 0.15) is 88.2 Å². The van der Waals surface area contributed by atoms with Crippen molar-refractivity contribution in [3.8, 4) is 0 Å². The van der Waals surface area contributed by atoms with Crippen LogP contribution in [-0.2, 0) is 12.6 Å². The average Bonchev–Trinajstić information content (AvgIpc) is 3.36. The van der Waals surface area contributed by atoms with E-state index in [9.17, 15) is 22.8 Å². The fourth-order valence-corrected chi connectivity index (χ4v) is 6.43. The molecule has 44 heavy (non-hydrogen) atoms. The summed E-state index contributed by atoms with van der Waals surface area (Å²) in [5.41, 5.74) is 0.186. The SMILES string of the molecule is Cc1cc(N2CCC(N(C)C(=O)c3cc4c(cc3F)CC[C@H]4N(C(=O)c3cccnc3C(F)(F)F)C(C)C)CC2)nc(C)n1. The van der Waals surface area contributed by atoms with Crippen LogP contribution in [0.25, 0.3) is 0 Å². The van der Waals surface area contributed by atoms with E-state index >= 15 is 4.39 Å². The van der Waals surface area contributed by atoms with Crippen molar-refractivity contribution in [2.75, 3.05) is 25.0 Å². The van der Waals surface area contributed by atoms with Crippen LogP contribution in [0.5, 0.6) is 0 Å². The molecule has 12 heteroatoms. The highest BCUT2D eigenvalue weighted by atomic mass is 19.4. The number of aromatic nitrogens is 3. The van der Waals surface area contributed by atoms with Gasteiger partial charge in [0.25, 0.3) is 11.8 Å². The lowest BCUT2D eigenvalue weighted by atomic mass is 9.98. The fourth-order valence-electron chi connectivity index (χ4n) is 6.43. The summed E-state index contributed by atoms with van der Waals surface area (Å²) in [4.78, 5) is 44.7. The third kappa shape index (κ3) is 6.11. The third-order valence-corrected chi connectivity index (χ3v) is 8.55. The lowest BCUT2D eigenvalue weighted by molar-refractivity contribution is -0.141. The smallest absolute Gasteiger partial charge is 0.356 e. The molecule has 3 aromatic rings. The molecule has 5 rings (SSSR count). The predicted octanol–water partition coefficient (Wildman–Crippen LogP) is 5.93. The number of rotatable bonds is 6. The minimum Gasteiger partial charge on any atom is -0.356 e. The summed E-state index contributed by atoms with van der Waals surface area (Å²) < 4.78 is 56.6. The van der Waals surface area contributed by atoms with E-state index in [0.717, 1.165) is 23.8 Å². The number of carbonyl (C=O) groups is 2. The molecule has 2 aliphatic rings. The summed E-state index contributed by atoms with van der Waals surface area (Å²) in [5.74, 6) is -0.403. The van der Waals surface area contributed by atoms with Crippen molar-refractivity contribution in [1.29, 1.82) is 0 Å². The summed E-state index contributed by atoms with van der Waals surface area (Å²) in [6, 6.07) is 5.95. The van der Waals surface area contributed by atoms with E-state index in [0.29, 0.717) is 55.7 Å². The molecule has 2 aromatic heterocycles. The summed E-state index contributed by atoms with van der Waals surface area (Å²) in [5, 5.41) is 0. The van der Waals surface area contributed by atoms with Crippen molar-refractivity contribution >= 4 is 17.6 Å². The monoisotopic (exact) mass is 612 g/mol. The zero-order valence-electron chi connectivity index (χ0n) is 25.5. The van der Waals surface area contributed by atoms with E-state index in [1.807, 2.05) is 19.9 Å². The number of anilines is 1. The van der Waals surface area contributed by atoms with Crippen LogP contribution < -0.4 is 4.90 Å². The van der Waals surface area contributed by atoms with Gasteiger partial charge in [-0.3, -0.25) is 14.6 Å². The zero-order chi connectivity index (χ0) is 31.9. The van der Waals surface area contributed by atoms with E-state index in [2.05, 4.69) is 19.9 Å². The Bertz CT molecular complexity index is 1550. The average molecular weight is 613 g/mol. The van der Waals surface area contributed by atoms with E-state index in [4.69, 9.17) is 0 Å². The molecule has 1 saturated heterocycles. The van der Waals surface area contributed by atoms with Crippen LogP contribution in [0.3, 0.4) is 0 Å². The molecule has 1 atom stereocenters. The van der Waals surface area contributed by atoms with Gasteiger partial charge in [0.2, 0.25) is 0 Å². The van der Waals surface area contributed by atoms with Crippen molar-refractivity contribution in [3.63, 3.8) is 0 Å². The second kappa shape index (κ2) is 12.1. The molecule has 1 aliphatic heterocycles. The summed E-state index contributed by atoms with van der Waals surface area (Å²) in [6.45, 7) is 8.56. The highest BCUT2D eigenvalue weighted by Gasteiger charge is 2.41. The quantitative estimate of drug-likeness (QED) is 0.321. The molecule has 0 saturated carbocycles. The van der Waals surface area contributed by atoms with Crippen molar-refractivity contribution < 1.29 is 27.2 Å². The minimum atomic E-state index is -4.81. The van der Waals surface area contributed by atoms with Crippen molar-refractivity contribution in [1.82, 2.24) is 24.8 Å². The summed E-state index contributed by atoms with van der Waals surface area (Å²) >= 11 is 0. The highest BCUT2D eigenvalue weighted by molar-refractivity contribution is 5.97. The Morgan fingerprint density at radius 3 is 2.34 bits per heavy atom. The van der Waals surface area contributed by atoms with E-state index in [1.54, 1.807) is 25.8 Å². The first-order valence-electron chi connectivity index (χ1n) is 14.8. The summed E-state index contributed by atoms with van der Waals surface area (Å²) in [6.07, 6.45) is -1.64. The van der Waals surface area contributed by atoms with E-state index in [-0.39, 0.29) is 11.6 Å². The van der Waals surface area contributed by atoms with Gasteiger partial charge in [-0.25, -0.2) is 14.4 Å². The standard InChI is InChI=1S/C32H36F4N6O2/c1-18(2)42(31(44)23-7-6-12-37-29(23)32(34,35)36)27-9-8-21-16-26(33)25(17-24(21)27)30(43)40(5)22-10-13-41(14-11-22)28-15-19(3)38-20(4)39-28/h6-7,12,15-18,22,27H,8-11,13-14H2,1-5H3/t27-/m1/s1. The Kier molecular flexibility index (Phi) is 8.64. The number of amides is 2. The third-order valence-electron chi connectivity index (χ3n) is 8.55. The maximum Gasteiger partial charge on any atom is 0.434 e. The largest absolute Gasteiger partial charge is 0.434 e. The van der Waals surface area contributed by atoms with Gasteiger partial charge in [0, 0.05) is 50.2 Å². The zero-order valence-corrected chi connectivity index (χ0v) is 25.5. The van der Waals surface area contributed by atoms with Gasteiger partial charge in [-0.2, -0.15) is 13.2 Å². The Balaban J connectivity index is 1.37. The number of alkyl halides is 3. The van der Waals surface area contributed by atoms with E-state index in [1.165, 1.54) is 23.1 Å². The molecule has 1 fully saturated rings. The first-order chi connectivity index (χ1) is 20.8. The van der Waals surface area contributed by atoms with Gasteiger partial charge in [0.1, 0.15) is 17.5 Å². The second-order valence-electron chi connectivity index (χ2n) is 11.8. The maximum atomic E-state index is 15.4. The lowest BCUT2D eigenvalue weighted by Gasteiger charge is -2.37. The van der Waals surface area contributed by atoms with Gasteiger partial charge in [-0.15, -0.1) is 0 Å². The van der Waals surface area contributed by atoms with Crippen LogP contribution in [-0.4, -0.2) is 68.8 Å². The molecule has 2 amide bonds. The molecule has 3 heterocycles. The van der Waals surface area contributed by atoms with Gasteiger partial charge < -0.3 is 14.7 Å². The predicted molar refractivity (Wildman–Crippen MR) is 157 cm³/mol. The Labute approximate surface area is 254 Å². The Hall–Kier alpha value is -4.09. The van der Waals surface area contributed by atoms with Crippen molar-refractivity contribution in [3.05, 3.63) is 81.8 Å². The molecule has 0 bridgehead atoms. The van der Waals surface area contributed by atoms with Crippen LogP contribution in [0.2, 0.25) is 0 Å². The normalized spacial score (nSPS) is 17.1. The van der Waals surface area contributed by atoms with Gasteiger partial charge in [-0.05, 0) is 88.8 Å². The minimum absolute atomic E-state index is 0.115. The van der Waals surface area contributed by atoms with Gasteiger partial charge in [-0.1, -0.05) is 0 Å². The van der Waals surface area contributed by atoms with Gasteiger partial charge >= 0.3 is 6.18 Å². The van der Waals surface area contributed by atoms with Gasteiger partial charge in [0.05, 0.1) is 17.2 Å². The second-order valence-corrected chi connectivity index (χ2v) is 11.8. The number of benzene rings is 1. The first kappa shape index (κ1) is 31.3. The number of piperidine rings is 1. The Morgan fingerprint density at radius 1 is 1.00 bits per heavy atom. The van der Waals surface area contributed by atoms with Crippen LogP contribution in [0, 0.1) is 19.7 Å². The molecule has 0 spiro atoms. The van der Waals surface area contributed by atoms with Crippen molar-refractivity contribution in [2.24, 2.45) is 0 Å². The number of fused-ring (bicyclic) bond motifs is 1. The molecule has 0 unspecified atom stereocenters. The lowest BCUT2D eigenvalue weighted by Crippen LogP contribution is -2.46. The number of hydrogen-bond donors (Lipinski definition) is 0.